The van der Waals surface area contributed by atoms with Gasteiger partial charge in [0.1, 0.15) is 0 Å². The van der Waals surface area contributed by atoms with Crippen LogP contribution in [0.25, 0.3) is 11.3 Å². The topological polar surface area (TPSA) is 36.7 Å². The summed E-state index contributed by atoms with van der Waals surface area (Å²) < 4.78 is 0. The lowest BCUT2D eigenvalue weighted by Crippen LogP contribution is -1.91. The van der Waals surface area contributed by atoms with Gasteiger partial charge >= 0.3 is 0 Å². The second-order valence-electron chi connectivity index (χ2n) is 4.75. The van der Waals surface area contributed by atoms with Crippen molar-refractivity contribution in [3.63, 3.8) is 0 Å². The van der Waals surface area contributed by atoms with Crippen molar-refractivity contribution in [2.75, 3.05) is 0 Å². The van der Waals surface area contributed by atoms with Crippen molar-refractivity contribution in [2.24, 2.45) is 5.92 Å². The average Bonchev–Trinajstić information content (AvgIpc) is 2.85. The van der Waals surface area contributed by atoms with Crippen LogP contribution in [0.3, 0.4) is 0 Å². The van der Waals surface area contributed by atoms with E-state index >= 15 is 0 Å². The number of aromatic nitrogens is 1. The first-order valence-corrected chi connectivity index (χ1v) is 7.02. The van der Waals surface area contributed by atoms with Gasteiger partial charge in [-0.25, -0.2) is 4.98 Å². The summed E-state index contributed by atoms with van der Waals surface area (Å²) in [5.74, 6) is 0.715. The van der Waals surface area contributed by atoms with Crippen molar-refractivity contribution in [2.45, 2.75) is 26.7 Å². The first kappa shape index (κ1) is 12.8. The Hall–Kier alpha value is -1.66. The van der Waals surface area contributed by atoms with Crippen LogP contribution in [-0.2, 0) is 6.42 Å². The van der Waals surface area contributed by atoms with Gasteiger partial charge in [0.15, 0.2) is 0 Å². The van der Waals surface area contributed by atoms with Gasteiger partial charge in [0.25, 0.3) is 0 Å². The highest BCUT2D eigenvalue weighted by Crippen LogP contribution is 2.23. The summed E-state index contributed by atoms with van der Waals surface area (Å²) in [6.45, 7) is 4.46. The van der Waals surface area contributed by atoms with Gasteiger partial charge in [-0.1, -0.05) is 26.0 Å². The van der Waals surface area contributed by atoms with Gasteiger partial charge in [-0.15, -0.1) is 11.3 Å². The summed E-state index contributed by atoms with van der Waals surface area (Å²) in [6, 6.07) is 9.71. The van der Waals surface area contributed by atoms with Gasteiger partial charge in [-0.2, -0.15) is 5.26 Å². The van der Waals surface area contributed by atoms with Crippen molar-refractivity contribution in [3.05, 3.63) is 40.2 Å². The Morgan fingerprint density at radius 2 is 2.00 bits per heavy atom. The van der Waals surface area contributed by atoms with E-state index in [0.717, 1.165) is 17.7 Å². The quantitative estimate of drug-likeness (QED) is 0.819. The monoisotopic (exact) mass is 256 g/mol. The van der Waals surface area contributed by atoms with Crippen LogP contribution < -0.4 is 0 Å². The maximum Gasteiger partial charge on any atom is 0.0991 e. The maximum atomic E-state index is 8.76. The van der Waals surface area contributed by atoms with Gasteiger partial charge in [0.05, 0.1) is 22.3 Å². The molecule has 2 nitrogen and oxygen atoms in total. The fourth-order valence-electron chi connectivity index (χ4n) is 1.69. The van der Waals surface area contributed by atoms with Gasteiger partial charge in [-0.05, 0) is 30.9 Å². The predicted octanol–water partition coefficient (Wildman–Crippen LogP) is 4.27. The van der Waals surface area contributed by atoms with E-state index in [2.05, 4.69) is 30.3 Å². The molecule has 0 spiro atoms. The van der Waals surface area contributed by atoms with Gasteiger partial charge < -0.3 is 0 Å². The van der Waals surface area contributed by atoms with E-state index < -0.39 is 0 Å². The molecule has 0 bridgehead atoms. The average molecular weight is 256 g/mol. The van der Waals surface area contributed by atoms with E-state index in [1.165, 1.54) is 11.4 Å². The van der Waals surface area contributed by atoms with E-state index in [9.17, 15) is 0 Å². The van der Waals surface area contributed by atoms with Crippen molar-refractivity contribution in [3.8, 4) is 17.3 Å². The van der Waals surface area contributed by atoms with Crippen LogP contribution in [-0.4, -0.2) is 4.98 Å². The van der Waals surface area contributed by atoms with Crippen LogP contribution in [0.15, 0.2) is 29.6 Å². The molecule has 0 N–H and O–H groups in total. The lowest BCUT2D eigenvalue weighted by molar-refractivity contribution is 0.585. The van der Waals surface area contributed by atoms with Crippen LogP contribution in [0.1, 0.15) is 30.8 Å². The number of hydrogen-bond acceptors (Lipinski definition) is 3. The molecule has 0 radical (unpaired) electrons. The molecule has 1 aromatic heterocycles. The molecule has 1 heterocycles. The lowest BCUT2D eigenvalue weighted by atomic mass is 10.1. The molecule has 0 fully saturated rings. The van der Waals surface area contributed by atoms with Gasteiger partial charge in [-0.3, -0.25) is 0 Å². The van der Waals surface area contributed by atoms with Crippen LogP contribution in [0.4, 0.5) is 0 Å². The fourth-order valence-corrected chi connectivity index (χ4v) is 2.51. The lowest BCUT2D eigenvalue weighted by Gasteiger charge is -2.00. The number of thiazole rings is 1. The van der Waals surface area contributed by atoms with Crippen LogP contribution in [0, 0.1) is 17.2 Å². The molecule has 1 aromatic carbocycles. The molecule has 92 valence electrons. The Kier molecular flexibility index (Phi) is 4.11. The predicted molar refractivity (Wildman–Crippen MR) is 75.4 cm³/mol. The van der Waals surface area contributed by atoms with E-state index in [1.807, 2.05) is 24.3 Å². The fraction of sp³-hybridized carbons (Fsp3) is 0.333. The highest BCUT2D eigenvalue weighted by Gasteiger charge is 2.05. The number of nitriles is 1. The SMILES string of the molecule is CC(C)CCc1nc(-c2ccc(C#N)cc2)cs1. The summed E-state index contributed by atoms with van der Waals surface area (Å²) in [5.41, 5.74) is 2.79. The molecule has 2 aromatic rings. The second kappa shape index (κ2) is 5.79. The third-order valence-corrected chi connectivity index (χ3v) is 3.71. The number of nitrogens with zero attached hydrogens (tertiary/aromatic N) is 2. The smallest absolute Gasteiger partial charge is 0.0991 e. The third-order valence-electron chi connectivity index (χ3n) is 2.80. The zero-order chi connectivity index (χ0) is 13.0. The third kappa shape index (κ3) is 3.18. The largest absolute Gasteiger partial charge is 0.241 e. The van der Waals surface area contributed by atoms with E-state index in [0.29, 0.717) is 11.5 Å². The minimum Gasteiger partial charge on any atom is -0.241 e. The van der Waals surface area contributed by atoms with Crippen molar-refractivity contribution < 1.29 is 0 Å². The summed E-state index contributed by atoms with van der Waals surface area (Å²) in [7, 11) is 0. The van der Waals surface area contributed by atoms with E-state index in [4.69, 9.17) is 5.26 Å². The summed E-state index contributed by atoms with van der Waals surface area (Å²) >= 11 is 1.72. The Bertz CT molecular complexity index is 547. The zero-order valence-electron chi connectivity index (χ0n) is 10.7. The highest BCUT2D eigenvalue weighted by molar-refractivity contribution is 7.09. The number of aryl methyl sites for hydroxylation is 1. The molecule has 0 atom stereocenters. The minimum atomic E-state index is 0.689. The molecule has 0 aliphatic heterocycles. The van der Waals surface area contributed by atoms with Crippen molar-refractivity contribution in [1.29, 1.82) is 5.26 Å². The number of hydrogen-bond donors (Lipinski definition) is 0. The normalized spacial score (nSPS) is 10.6. The number of rotatable bonds is 4. The van der Waals surface area contributed by atoms with Crippen LogP contribution in [0.5, 0.6) is 0 Å². The van der Waals surface area contributed by atoms with Crippen LogP contribution in [0.2, 0.25) is 0 Å². The Morgan fingerprint density at radius 1 is 1.28 bits per heavy atom. The molecule has 0 unspecified atom stereocenters. The van der Waals surface area contributed by atoms with Crippen LogP contribution >= 0.6 is 11.3 Å². The minimum absolute atomic E-state index is 0.689. The summed E-state index contributed by atoms with van der Waals surface area (Å²) in [6.07, 6.45) is 2.24. The molecule has 0 aliphatic rings. The standard InChI is InChI=1S/C15H16N2S/c1-11(2)3-8-15-17-14(10-18-15)13-6-4-12(9-16)5-7-13/h4-7,10-11H,3,8H2,1-2H3. The van der Waals surface area contributed by atoms with E-state index in [-0.39, 0.29) is 0 Å². The van der Waals surface area contributed by atoms with Crippen molar-refractivity contribution >= 4 is 11.3 Å². The summed E-state index contributed by atoms with van der Waals surface area (Å²) in [5, 5.41) is 12.1. The van der Waals surface area contributed by atoms with E-state index in [1.54, 1.807) is 11.3 Å². The molecule has 0 aliphatic carbocycles. The molecule has 0 saturated carbocycles. The molecular weight excluding hydrogens is 240 g/mol. The Labute approximate surface area is 112 Å². The highest BCUT2D eigenvalue weighted by atomic mass is 32.1. The molecule has 18 heavy (non-hydrogen) atoms. The molecule has 3 heteroatoms. The second-order valence-corrected chi connectivity index (χ2v) is 5.69. The number of benzene rings is 1. The Morgan fingerprint density at radius 3 is 2.61 bits per heavy atom. The molecular formula is C15H16N2S. The maximum absolute atomic E-state index is 8.76. The van der Waals surface area contributed by atoms with Gasteiger partial charge in [0, 0.05) is 10.9 Å². The molecule has 0 saturated heterocycles. The molecule has 0 amide bonds. The first-order chi connectivity index (χ1) is 8.69. The van der Waals surface area contributed by atoms with Gasteiger partial charge in [0.2, 0.25) is 0 Å². The summed E-state index contributed by atoms with van der Waals surface area (Å²) in [4.78, 5) is 4.64. The zero-order valence-corrected chi connectivity index (χ0v) is 11.5. The molecule has 2 rings (SSSR count). The Balaban J connectivity index is 2.11. The first-order valence-electron chi connectivity index (χ1n) is 6.14. The van der Waals surface area contributed by atoms with Crippen molar-refractivity contribution in [1.82, 2.24) is 4.98 Å².